The van der Waals surface area contributed by atoms with Crippen molar-refractivity contribution in [3.05, 3.63) is 35.9 Å². The molecule has 1 aromatic carbocycles. The summed E-state index contributed by atoms with van der Waals surface area (Å²) in [6, 6.07) is 10.4. The normalized spacial score (nSPS) is 27.1. The van der Waals surface area contributed by atoms with E-state index in [2.05, 4.69) is 36.4 Å². The van der Waals surface area contributed by atoms with Gasteiger partial charge >= 0.3 is 0 Å². The van der Waals surface area contributed by atoms with Crippen LogP contribution in [0.2, 0.25) is 0 Å². The van der Waals surface area contributed by atoms with Crippen LogP contribution in [0.5, 0.6) is 0 Å². The predicted molar refractivity (Wildman–Crippen MR) is 123 cm³/mol. The summed E-state index contributed by atoms with van der Waals surface area (Å²) in [5, 5.41) is 6.92. The third-order valence-electron chi connectivity index (χ3n) is 5.50. The van der Waals surface area contributed by atoms with E-state index < -0.39 is 10.8 Å². The molecule has 0 spiro atoms. The Morgan fingerprint density at radius 3 is 2.78 bits per heavy atom. The Morgan fingerprint density at radius 2 is 2.07 bits per heavy atom. The van der Waals surface area contributed by atoms with Gasteiger partial charge in [0.25, 0.3) is 0 Å². The number of hydrogen-bond donors (Lipinski definition) is 2. The van der Waals surface area contributed by atoms with E-state index in [1.807, 2.05) is 30.3 Å². The monoisotopic (exact) mass is 505 g/mol. The third kappa shape index (κ3) is 5.44. The van der Waals surface area contributed by atoms with E-state index in [9.17, 15) is 4.21 Å². The van der Waals surface area contributed by atoms with Gasteiger partial charge in [-0.2, -0.15) is 0 Å². The van der Waals surface area contributed by atoms with Gasteiger partial charge in [0.15, 0.2) is 5.96 Å². The van der Waals surface area contributed by atoms with E-state index in [-0.39, 0.29) is 29.4 Å². The zero-order valence-corrected chi connectivity index (χ0v) is 19.6. The van der Waals surface area contributed by atoms with Crippen LogP contribution in [-0.4, -0.2) is 47.8 Å². The first-order valence-electron chi connectivity index (χ1n) is 9.57. The van der Waals surface area contributed by atoms with Crippen LogP contribution in [0.1, 0.15) is 32.8 Å². The molecule has 4 atom stereocenters. The lowest BCUT2D eigenvalue weighted by atomic mass is 9.57. The van der Waals surface area contributed by atoms with Crippen molar-refractivity contribution in [3.63, 3.8) is 0 Å². The molecule has 0 bridgehead atoms. The fourth-order valence-electron chi connectivity index (χ4n) is 4.18. The first kappa shape index (κ1) is 22.6. The molecule has 1 heterocycles. The molecule has 0 radical (unpaired) electrons. The average Bonchev–Trinajstić information content (AvgIpc) is 3.07. The maximum atomic E-state index is 12.3. The molecule has 1 aromatic rings. The smallest absolute Gasteiger partial charge is 0.191 e. The number of benzene rings is 1. The largest absolute Gasteiger partial charge is 0.377 e. The van der Waals surface area contributed by atoms with Crippen LogP contribution in [0.4, 0.5) is 0 Å². The molecule has 152 valence electrons. The second kappa shape index (κ2) is 10.2. The molecule has 1 saturated heterocycles. The van der Waals surface area contributed by atoms with Gasteiger partial charge in [-0.25, -0.2) is 0 Å². The van der Waals surface area contributed by atoms with Crippen molar-refractivity contribution in [2.75, 3.05) is 25.4 Å². The minimum Gasteiger partial charge on any atom is -0.377 e. The van der Waals surface area contributed by atoms with Gasteiger partial charge in [-0.15, -0.1) is 24.0 Å². The van der Waals surface area contributed by atoms with Crippen molar-refractivity contribution in [2.24, 2.45) is 16.3 Å². The standard InChI is InChI=1S/C20H31N3O2S.HI/c1-4-21-19(23-17-16-10-12-25-18(16)20(17,2)3)22-11-13-26(24)14-15-8-6-5-7-9-15;/h5-9,16-18H,4,10-14H2,1-3H3,(H2,21,22,23);1H. The second-order valence-corrected chi connectivity index (χ2v) is 9.30. The second-order valence-electron chi connectivity index (χ2n) is 7.72. The Labute approximate surface area is 182 Å². The van der Waals surface area contributed by atoms with Gasteiger partial charge in [0.1, 0.15) is 0 Å². The number of guanidine groups is 1. The zero-order chi connectivity index (χ0) is 18.6. The highest BCUT2D eigenvalue weighted by molar-refractivity contribution is 14.0. The lowest BCUT2D eigenvalue weighted by Crippen LogP contribution is -2.68. The van der Waals surface area contributed by atoms with Crippen molar-refractivity contribution in [1.82, 2.24) is 10.6 Å². The average molecular weight is 505 g/mol. The third-order valence-corrected chi connectivity index (χ3v) is 6.79. The fraction of sp³-hybridized carbons (Fsp3) is 0.650. The Hall–Kier alpha value is -0.670. The molecule has 7 heteroatoms. The zero-order valence-electron chi connectivity index (χ0n) is 16.4. The van der Waals surface area contributed by atoms with E-state index >= 15 is 0 Å². The fourth-order valence-corrected chi connectivity index (χ4v) is 5.18. The number of fused-ring (bicyclic) bond motifs is 1. The number of nitrogens with one attached hydrogen (secondary N) is 2. The van der Waals surface area contributed by atoms with Gasteiger partial charge in [0.2, 0.25) is 0 Å². The van der Waals surface area contributed by atoms with Crippen LogP contribution in [-0.2, 0) is 21.3 Å². The maximum Gasteiger partial charge on any atom is 0.191 e. The van der Waals surface area contributed by atoms with Gasteiger partial charge < -0.3 is 15.4 Å². The minimum atomic E-state index is -0.894. The number of ether oxygens (including phenoxy) is 1. The molecule has 2 N–H and O–H groups in total. The summed E-state index contributed by atoms with van der Waals surface area (Å²) in [6.07, 6.45) is 1.48. The lowest BCUT2D eigenvalue weighted by Gasteiger charge is -2.54. The van der Waals surface area contributed by atoms with E-state index in [0.717, 1.165) is 31.1 Å². The van der Waals surface area contributed by atoms with E-state index in [4.69, 9.17) is 4.74 Å². The predicted octanol–water partition coefficient (Wildman–Crippen LogP) is 2.92. The summed E-state index contributed by atoms with van der Waals surface area (Å²) < 4.78 is 18.1. The molecule has 1 aliphatic heterocycles. The highest BCUT2D eigenvalue weighted by atomic mass is 127. The topological polar surface area (TPSA) is 62.7 Å². The van der Waals surface area contributed by atoms with Crippen LogP contribution >= 0.6 is 24.0 Å². The van der Waals surface area contributed by atoms with Gasteiger partial charge in [-0.3, -0.25) is 9.20 Å². The summed E-state index contributed by atoms with van der Waals surface area (Å²) in [5.74, 6) is 2.57. The molecule has 1 saturated carbocycles. The molecule has 27 heavy (non-hydrogen) atoms. The summed E-state index contributed by atoms with van der Waals surface area (Å²) >= 11 is 0. The molecule has 2 fully saturated rings. The Balaban J connectivity index is 0.00000261. The quantitative estimate of drug-likeness (QED) is 0.340. The summed E-state index contributed by atoms with van der Waals surface area (Å²) in [5.41, 5.74) is 1.23. The highest BCUT2D eigenvalue weighted by Gasteiger charge is 2.59. The summed E-state index contributed by atoms with van der Waals surface area (Å²) in [7, 11) is -0.894. The van der Waals surface area contributed by atoms with E-state index in [0.29, 0.717) is 36.1 Å². The van der Waals surface area contributed by atoms with Gasteiger partial charge in [0.05, 0.1) is 12.6 Å². The van der Waals surface area contributed by atoms with E-state index in [1.54, 1.807) is 0 Å². The number of aliphatic imine (C=N–C) groups is 1. The molecule has 4 unspecified atom stereocenters. The Bertz CT molecular complexity index is 654. The van der Waals surface area contributed by atoms with Gasteiger partial charge in [-0.05, 0) is 18.9 Å². The van der Waals surface area contributed by atoms with Crippen LogP contribution in [0.25, 0.3) is 0 Å². The van der Waals surface area contributed by atoms with Crippen molar-refractivity contribution in [3.8, 4) is 0 Å². The maximum absolute atomic E-state index is 12.3. The van der Waals surface area contributed by atoms with Gasteiger partial charge in [-0.1, -0.05) is 44.2 Å². The van der Waals surface area contributed by atoms with Crippen LogP contribution in [0, 0.1) is 11.3 Å². The molecule has 5 nitrogen and oxygen atoms in total. The number of hydrogen-bond acceptors (Lipinski definition) is 3. The van der Waals surface area contributed by atoms with Crippen molar-refractivity contribution < 1.29 is 8.95 Å². The number of halogens is 1. The van der Waals surface area contributed by atoms with Crippen molar-refractivity contribution in [1.29, 1.82) is 0 Å². The molecule has 0 amide bonds. The Morgan fingerprint density at radius 1 is 1.33 bits per heavy atom. The summed E-state index contributed by atoms with van der Waals surface area (Å²) in [6.45, 7) is 8.83. The molecule has 2 aliphatic rings. The van der Waals surface area contributed by atoms with Crippen molar-refractivity contribution >= 4 is 40.7 Å². The summed E-state index contributed by atoms with van der Waals surface area (Å²) in [4.78, 5) is 4.66. The molecule has 1 aliphatic carbocycles. The molecule has 0 aromatic heterocycles. The number of rotatable bonds is 7. The molecular weight excluding hydrogens is 473 g/mol. The molecular formula is C20H32IN3O2S. The van der Waals surface area contributed by atoms with E-state index in [1.165, 1.54) is 0 Å². The van der Waals surface area contributed by atoms with Crippen LogP contribution in [0.3, 0.4) is 0 Å². The minimum absolute atomic E-state index is 0. The first-order valence-corrected chi connectivity index (χ1v) is 11.1. The van der Waals surface area contributed by atoms with Crippen LogP contribution < -0.4 is 10.6 Å². The van der Waals surface area contributed by atoms with Gasteiger partial charge in [0, 0.05) is 52.8 Å². The molecule has 3 rings (SSSR count). The lowest BCUT2D eigenvalue weighted by molar-refractivity contribution is -0.106. The first-order chi connectivity index (χ1) is 12.5. The van der Waals surface area contributed by atoms with Crippen LogP contribution in [0.15, 0.2) is 35.3 Å². The highest BCUT2D eigenvalue weighted by Crippen LogP contribution is 2.52. The number of nitrogens with zero attached hydrogens (tertiary/aromatic N) is 1. The van der Waals surface area contributed by atoms with Crippen molar-refractivity contribution in [2.45, 2.75) is 45.1 Å². The Kier molecular flexibility index (Phi) is 8.55. The SMILES string of the molecule is CCNC(=NCCS(=O)Cc1ccccc1)NC1C2CCOC2C1(C)C.I.